The monoisotopic (exact) mass is 356 g/mol. The highest BCUT2D eigenvalue weighted by molar-refractivity contribution is 5.98. The van der Waals surface area contributed by atoms with Gasteiger partial charge >= 0.3 is 5.97 Å². The van der Waals surface area contributed by atoms with Crippen LogP contribution < -0.4 is 15.4 Å². The van der Waals surface area contributed by atoms with Crippen LogP contribution in [0.25, 0.3) is 0 Å². The van der Waals surface area contributed by atoms with Crippen molar-refractivity contribution in [1.29, 1.82) is 0 Å². The summed E-state index contributed by atoms with van der Waals surface area (Å²) in [5.74, 6) is -0.723. The molecule has 0 aromatic heterocycles. The lowest BCUT2D eigenvalue weighted by molar-refractivity contribution is -0.119. The number of ether oxygens (including phenoxy) is 2. The second-order valence-electron chi connectivity index (χ2n) is 5.29. The average molecular weight is 356 g/mol. The summed E-state index contributed by atoms with van der Waals surface area (Å²) in [5.41, 5.74) is 1.19. The van der Waals surface area contributed by atoms with Gasteiger partial charge in [0.15, 0.2) is 6.61 Å². The minimum atomic E-state index is -0.612. The number of hydrogen-bond donors (Lipinski definition) is 2. The molecule has 2 aromatic rings. The first-order valence-corrected chi connectivity index (χ1v) is 8.02. The predicted molar refractivity (Wildman–Crippen MR) is 96.4 cm³/mol. The third-order valence-corrected chi connectivity index (χ3v) is 3.41. The summed E-state index contributed by atoms with van der Waals surface area (Å²) in [6.07, 6.45) is 0. The van der Waals surface area contributed by atoms with E-state index in [-0.39, 0.29) is 5.91 Å². The molecule has 26 heavy (non-hydrogen) atoms. The van der Waals surface area contributed by atoms with Gasteiger partial charge in [-0.1, -0.05) is 6.07 Å². The Hall–Kier alpha value is -3.35. The molecule has 0 aliphatic rings. The molecule has 0 radical (unpaired) electrons. The van der Waals surface area contributed by atoms with E-state index in [0.29, 0.717) is 29.1 Å². The predicted octanol–water partition coefficient (Wildman–Crippen LogP) is 2.24. The van der Waals surface area contributed by atoms with Crippen LogP contribution in [0.1, 0.15) is 27.6 Å². The van der Waals surface area contributed by atoms with Crippen molar-refractivity contribution in [3.8, 4) is 5.75 Å². The van der Waals surface area contributed by atoms with Crippen LogP contribution in [0, 0.1) is 0 Å². The molecular weight excluding hydrogens is 336 g/mol. The second kappa shape index (κ2) is 9.22. The smallest absolute Gasteiger partial charge is 0.338 e. The number of carbonyl (C=O) groups is 3. The Bertz CT molecular complexity index is 787. The zero-order chi connectivity index (χ0) is 18.9. The first kappa shape index (κ1) is 19.0. The number of carbonyl (C=O) groups excluding carboxylic acids is 3. The van der Waals surface area contributed by atoms with Gasteiger partial charge in [0.25, 0.3) is 11.8 Å². The van der Waals surface area contributed by atoms with E-state index in [1.54, 1.807) is 48.5 Å². The maximum absolute atomic E-state index is 11.9. The summed E-state index contributed by atoms with van der Waals surface area (Å²) in [6.45, 7) is 1.90. The van der Waals surface area contributed by atoms with Crippen molar-refractivity contribution in [2.75, 3.05) is 25.6 Å². The van der Waals surface area contributed by atoms with Gasteiger partial charge in [-0.15, -0.1) is 0 Å². The molecule has 0 fully saturated rings. The number of esters is 1. The van der Waals surface area contributed by atoms with Gasteiger partial charge in [0.05, 0.1) is 12.7 Å². The zero-order valence-corrected chi connectivity index (χ0v) is 14.6. The molecule has 0 saturated heterocycles. The van der Waals surface area contributed by atoms with Crippen LogP contribution >= 0.6 is 0 Å². The van der Waals surface area contributed by atoms with Crippen LogP contribution in [0.15, 0.2) is 48.5 Å². The fourth-order valence-corrected chi connectivity index (χ4v) is 2.14. The topological polar surface area (TPSA) is 93.7 Å². The van der Waals surface area contributed by atoms with Crippen LogP contribution in [0.3, 0.4) is 0 Å². The highest BCUT2D eigenvalue weighted by atomic mass is 16.5. The van der Waals surface area contributed by atoms with Gasteiger partial charge in [0.2, 0.25) is 0 Å². The minimum Gasteiger partial charge on any atom is -0.497 e. The van der Waals surface area contributed by atoms with Crippen molar-refractivity contribution in [2.24, 2.45) is 0 Å². The first-order chi connectivity index (χ1) is 12.5. The highest BCUT2D eigenvalue weighted by Gasteiger charge is 2.11. The Morgan fingerprint density at radius 1 is 1.00 bits per heavy atom. The lowest BCUT2D eigenvalue weighted by Crippen LogP contribution is -2.23. The molecule has 2 rings (SSSR count). The molecule has 0 saturated carbocycles. The Balaban J connectivity index is 1.89. The van der Waals surface area contributed by atoms with E-state index in [4.69, 9.17) is 9.47 Å². The van der Waals surface area contributed by atoms with Gasteiger partial charge in [0, 0.05) is 17.8 Å². The van der Waals surface area contributed by atoms with E-state index >= 15 is 0 Å². The molecule has 0 spiro atoms. The summed E-state index contributed by atoms with van der Waals surface area (Å²) in [7, 11) is 1.53. The number of nitrogens with one attached hydrogen (secondary N) is 2. The Kier molecular flexibility index (Phi) is 6.73. The molecule has 2 N–H and O–H groups in total. The Morgan fingerprint density at radius 3 is 2.38 bits per heavy atom. The highest BCUT2D eigenvalue weighted by Crippen LogP contribution is 2.13. The molecule has 0 bridgehead atoms. The van der Waals surface area contributed by atoms with E-state index in [9.17, 15) is 14.4 Å². The van der Waals surface area contributed by atoms with Crippen molar-refractivity contribution >= 4 is 23.5 Å². The van der Waals surface area contributed by atoms with Gasteiger partial charge in [-0.25, -0.2) is 4.79 Å². The van der Waals surface area contributed by atoms with Crippen molar-refractivity contribution in [3.05, 3.63) is 59.7 Å². The molecule has 7 nitrogen and oxygen atoms in total. The normalized spacial score (nSPS) is 9.92. The standard InChI is InChI=1S/C19H20N2O5/c1-3-20-18(23)14-5-4-6-15(11-14)21-17(22)12-26-19(24)13-7-9-16(25-2)10-8-13/h4-11H,3,12H2,1-2H3,(H,20,23)(H,21,22). The fourth-order valence-electron chi connectivity index (χ4n) is 2.14. The molecule has 2 amide bonds. The summed E-state index contributed by atoms with van der Waals surface area (Å²) in [4.78, 5) is 35.7. The SMILES string of the molecule is CCNC(=O)c1cccc(NC(=O)COC(=O)c2ccc(OC)cc2)c1. The van der Waals surface area contributed by atoms with Gasteiger partial charge < -0.3 is 20.1 Å². The maximum atomic E-state index is 11.9. The molecular formula is C19H20N2O5. The first-order valence-electron chi connectivity index (χ1n) is 8.02. The number of hydrogen-bond acceptors (Lipinski definition) is 5. The van der Waals surface area contributed by atoms with Crippen LogP contribution in [-0.2, 0) is 9.53 Å². The number of anilines is 1. The number of methoxy groups -OCH3 is 1. The Morgan fingerprint density at radius 2 is 1.73 bits per heavy atom. The van der Waals surface area contributed by atoms with Gasteiger partial charge in [0.1, 0.15) is 5.75 Å². The number of rotatable bonds is 7. The van der Waals surface area contributed by atoms with Gasteiger partial charge in [-0.2, -0.15) is 0 Å². The number of benzene rings is 2. The van der Waals surface area contributed by atoms with E-state index in [0.717, 1.165) is 0 Å². The zero-order valence-electron chi connectivity index (χ0n) is 14.6. The third kappa shape index (κ3) is 5.34. The summed E-state index contributed by atoms with van der Waals surface area (Å²) in [5, 5.41) is 5.27. The molecule has 136 valence electrons. The van der Waals surface area contributed by atoms with E-state index in [1.165, 1.54) is 7.11 Å². The molecule has 0 aliphatic heterocycles. The molecule has 0 aliphatic carbocycles. The number of amides is 2. The lowest BCUT2D eigenvalue weighted by Gasteiger charge is -2.08. The molecule has 2 aromatic carbocycles. The van der Waals surface area contributed by atoms with E-state index < -0.39 is 18.5 Å². The molecule has 0 heterocycles. The molecule has 7 heteroatoms. The van der Waals surface area contributed by atoms with Crippen molar-refractivity contribution < 1.29 is 23.9 Å². The summed E-state index contributed by atoms with van der Waals surface area (Å²) < 4.78 is 9.99. The quantitative estimate of drug-likeness (QED) is 0.742. The van der Waals surface area contributed by atoms with Crippen molar-refractivity contribution in [2.45, 2.75) is 6.92 Å². The summed E-state index contributed by atoms with van der Waals surface area (Å²) in [6, 6.07) is 12.9. The molecule has 0 atom stereocenters. The van der Waals surface area contributed by atoms with Crippen molar-refractivity contribution in [3.63, 3.8) is 0 Å². The van der Waals surface area contributed by atoms with Crippen LogP contribution in [-0.4, -0.2) is 38.0 Å². The van der Waals surface area contributed by atoms with Crippen molar-refractivity contribution in [1.82, 2.24) is 5.32 Å². The maximum Gasteiger partial charge on any atom is 0.338 e. The van der Waals surface area contributed by atoms with Crippen LogP contribution in [0.2, 0.25) is 0 Å². The van der Waals surface area contributed by atoms with E-state index in [2.05, 4.69) is 10.6 Å². The average Bonchev–Trinajstić information content (AvgIpc) is 2.66. The van der Waals surface area contributed by atoms with Crippen LogP contribution in [0.4, 0.5) is 5.69 Å². The summed E-state index contributed by atoms with van der Waals surface area (Å²) >= 11 is 0. The van der Waals surface area contributed by atoms with E-state index in [1.807, 2.05) is 6.92 Å². The minimum absolute atomic E-state index is 0.227. The Labute approximate surface area is 151 Å². The van der Waals surface area contributed by atoms with Gasteiger partial charge in [-0.3, -0.25) is 9.59 Å². The largest absolute Gasteiger partial charge is 0.497 e. The fraction of sp³-hybridized carbons (Fsp3) is 0.211. The van der Waals surface area contributed by atoms with Gasteiger partial charge in [-0.05, 0) is 49.4 Å². The van der Waals surface area contributed by atoms with Crippen LogP contribution in [0.5, 0.6) is 5.75 Å². The molecule has 0 unspecified atom stereocenters. The second-order valence-corrected chi connectivity index (χ2v) is 5.29. The third-order valence-electron chi connectivity index (χ3n) is 3.41. The lowest BCUT2D eigenvalue weighted by atomic mass is 10.2.